The van der Waals surface area contributed by atoms with Crippen molar-refractivity contribution in [3.63, 3.8) is 0 Å². The van der Waals surface area contributed by atoms with Crippen LogP contribution < -0.4 is 10.1 Å². The Kier molecular flexibility index (Phi) is 7.39. The summed E-state index contributed by atoms with van der Waals surface area (Å²) in [6.07, 6.45) is -4.98. The van der Waals surface area contributed by atoms with E-state index in [0.29, 0.717) is 5.56 Å². The molecule has 0 aromatic heterocycles. The first-order chi connectivity index (χ1) is 14.8. The maximum Gasteiger partial charge on any atom is 0.471 e. The number of methoxy groups -OCH3 is 2. The molecule has 12 heteroatoms. The highest BCUT2D eigenvalue weighted by atomic mass is 32.2. The molecule has 0 aliphatic heterocycles. The molecular formula is C20H20F3NO7S. The van der Waals surface area contributed by atoms with Crippen molar-refractivity contribution >= 4 is 21.7 Å². The fraction of sp³-hybridized carbons (Fsp3) is 0.300. The SMILES string of the molecule is COC(=O)c1cc(S(=O)(=O)c2ccc(C[C@@H](C)NC(=O)C(F)(F)F)cc2)c(OC)cc1O. The highest BCUT2D eigenvalue weighted by molar-refractivity contribution is 7.91. The Labute approximate surface area is 181 Å². The highest BCUT2D eigenvalue weighted by Crippen LogP contribution is 2.35. The molecule has 0 heterocycles. The minimum Gasteiger partial charge on any atom is -0.507 e. The number of esters is 1. The average molecular weight is 475 g/mol. The van der Waals surface area contributed by atoms with Gasteiger partial charge >= 0.3 is 18.1 Å². The van der Waals surface area contributed by atoms with Crippen LogP contribution in [0.15, 0.2) is 46.2 Å². The van der Waals surface area contributed by atoms with E-state index in [1.165, 1.54) is 38.3 Å². The molecule has 2 rings (SSSR count). The Morgan fingerprint density at radius 3 is 2.22 bits per heavy atom. The molecule has 0 saturated carbocycles. The summed E-state index contributed by atoms with van der Waals surface area (Å²) in [5.41, 5.74) is 0.101. The first-order valence-electron chi connectivity index (χ1n) is 9.02. The van der Waals surface area contributed by atoms with Crippen LogP contribution in [0.2, 0.25) is 0 Å². The van der Waals surface area contributed by atoms with E-state index in [0.717, 1.165) is 19.2 Å². The lowest BCUT2D eigenvalue weighted by molar-refractivity contribution is -0.174. The highest BCUT2D eigenvalue weighted by Gasteiger charge is 2.39. The number of carbonyl (C=O) groups is 2. The van der Waals surface area contributed by atoms with Crippen LogP contribution in [0, 0.1) is 0 Å². The maximum absolute atomic E-state index is 13.1. The lowest BCUT2D eigenvalue weighted by Crippen LogP contribution is -2.42. The van der Waals surface area contributed by atoms with Crippen molar-refractivity contribution in [3.05, 3.63) is 47.5 Å². The van der Waals surface area contributed by atoms with Crippen molar-refractivity contribution in [2.75, 3.05) is 14.2 Å². The molecule has 0 saturated heterocycles. The summed E-state index contributed by atoms with van der Waals surface area (Å²) in [6.45, 7) is 1.38. The van der Waals surface area contributed by atoms with E-state index < -0.39 is 44.6 Å². The fourth-order valence-corrected chi connectivity index (χ4v) is 4.26. The van der Waals surface area contributed by atoms with Gasteiger partial charge in [-0.3, -0.25) is 4.79 Å². The third-order valence-corrected chi connectivity index (χ3v) is 6.18. The molecule has 0 fully saturated rings. The summed E-state index contributed by atoms with van der Waals surface area (Å²) in [7, 11) is -1.96. The number of sulfone groups is 1. The summed E-state index contributed by atoms with van der Waals surface area (Å²) >= 11 is 0. The minimum absolute atomic E-state index is 0.0250. The molecular weight excluding hydrogens is 455 g/mol. The van der Waals surface area contributed by atoms with E-state index >= 15 is 0 Å². The monoisotopic (exact) mass is 475 g/mol. The van der Waals surface area contributed by atoms with E-state index in [9.17, 15) is 36.3 Å². The number of benzene rings is 2. The normalized spacial score (nSPS) is 12.7. The molecule has 0 aliphatic rings. The number of amides is 1. The number of phenols is 1. The zero-order chi connectivity index (χ0) is 24.3. The predicted molar refractivity (Wildman–Crippen MR) is 105 cm³/mol. The average Bonchev–Trinajstić information content (AvgIpc) is 2.72. The lowest BCUT2D eigenvalue weighted by atomic mass is 10.1. The number of alkyl halides is 3. The molecule has 2 aromatic rings. The van der Waals surface area contributed by atoms with Crippen molar-refractivity contribution < 1.29 is 45.8 Å². The van der Waals surface area contributed by atoms with Gasteiger partial charge in [-0.25, -0.2) is 13.2 Å². The second kappa shape index (κ2) is 9.47. The van der Waals surface area contributed by atoms with Gasteiger partial charge in [0.2, 0.25) is 9.84 Å². The zero-order valence-corrected chi connectivity index (χ0v) is 18.0. The van der Waals surface area contributed by atoms with Crippen molar-refractivity contribution in [2.24, 2.45) is 0 Å². The molecule has 174 valence electrons. The van der Waals surface area contributed by atoms with Crippen LogP contribution >= 0.6 is 0 Å². The van der Waals surface area contributed by atoms with Crippen LogP contribution in [0.5, 0.6) is 11.5 Å². The number of nitrogens with one attached hydrogen (secondary N) is 1. The van der Waals surface area contributed by atoms with Crippen LogP contribution in [0.4, 0.5) is 13.2 Å². The number of aromatic hydroxyl groups is 1. The first kappa shape index (κ1) is 25.0. The molecule has 8 nitrogen and oxygen atoms in total. The number of rotatable bonds is 7. The smallest absolute Gasteiger partial charge is 0.471 e. The van der Waals surface area contributed by atoms with E-state index in [1.54, 1.807) is 0 Å². The van der Waals surface area contributed by atoms with Gasteiger partial charge in [0.15, 0.2) is 0 Å². The molecule has 0 unspecified atom stereocenters. The third-order valence-electron chi connectivity index (χ3n) is 4.39. The van der Waals surface area contributed by atoms with Crippen LogP contribution in [0.1, 0.15) is 22.8 Å². The summed E-state index contributed by atoms with van der Waals surface area (Å²) in [4.78, 5) is 22.2. The number of hydrogen-bond donors (Lipinski definition) is 2. The Bertz CT molecular complexity index is 1110. The van der Waals surface area contributed by atoms with E-state index in [-0.39, 0.29) is 22.6 Å². The maximum atomic E-state index is 13.1. The Morgan fingerprint density at radius 2 is 1.72 bits per heavy atom. The molecule has 2 aromatic carbocycles. The number of hydrogen-bond acceptors (Lipinski definition) is 7. The van der Waals surface area contributed by atoms with E-state index in [2.05, 4.69) is 4.74 Å². The quantitative estimate of drug-likeness (QED) is 0.591. The molecule has 0 bridgehead atoms. The standard InChI is InChI=1S/C20H20F3NO7S/c1-11(24-19(27)20(21,22)23)8-12-4-6-13(7-5-12)32(28,29)17-9-14(18(26)31-3)15(25)10-16(17)30-2/h4-7,9-11,25H,8H2,1-3H3,(H,24,27)/t11-/m1/s1. The molecule has 1 amide bonds. The predicted octanol–water partition coefficient (Wildman–Crippen LogP) is 2.63. The second-order valence-electron chi connectivity index (χ2n) is 6.74. The van der Waals surface area contributed by atoms with Gasteiger partial charge in [-0.2, -0.15) is 13.2 Å². The lowest BCUT2D eigenvalue weighted by Gasteiger charge is -2.16. The van der Waals surface area contributed by atoms with Gasteiger partial charge in [0, 0.05) is 12.1 Å². The molecule has 0 aliphatic carbocycles. The first-order valence-corrected chi connectivity index (χ1v) is 10.5. The van der Waals surface area contributed by atoms with Gasteiger partial charge in [0.1, 0.15) is 22.0 Å². The Balaban J connectivity index is 2.33. The van der Waals surface area contributed by atoms with Crippen LogP contribution in [-0.2, 0) is 25.8 Å². The molecule has 32 heavy (non-hydrogen) atoms. The Morgan fingerprint density at radius 1 is 1.12 bits per heavy atom. The van der Waals surface area contributed by atoms with Gasteiger partial charge in [-0.05, 0) is 37.1 Å². The van der Waals surface area contributed by atoms with Gasteiger partial charge in [-0.15, -0.1) is 0 Å². The molecule has 0 radical (unpaired) electrons. The fourth-order valence-electron chi connectivity index (χ4n) is 2.83. The third kappa shape index (κ3) is 5.49. The van der Waals surface area contributed by atoms with E-state index in [4.69, 9.17) is 4.74 Å². The molecule has 0 spiro atoms. The van der Waals surface area contributed by atoms with Gasteiger partial charge < -0.3 is 19.9 Å². The van der Waals surface area contributed by atoms with Gasteiger partial charge in [0.05, 0.1) is 19.1 Å². The number of ether oxygens (including phenoxy) is 2. The number of halogens is 3. The van der Waals surface area contributed by atoms with Crippen molar-refractivity contribution in [2.45, 2.75) is 35.4 Å². The topological polar surface area (TPSA) is 119 Å². The van der Waals surface area contributed by atoms with Crippen molar-refractivity contribution in [3.8, 4) is 11.5 Å². The summed E-state index contributed by atoms with van der Waals surface area (Å²) in [5, 5.41) is 11.8. The van der Waals surface area contributed by atoms with Crippen LogP contribution in [0.3, 0.4) is 0 Å². The van der Waals surface area contributed by atoms with Crippen molar-refractivity contribution in [1.82, 2.24) is 5.32 Å². The second-order valence-corrected chi connectivity index (χ2v) is 8.65. The molecule has 1 atom stereocenters. The van der Waals surface area contributed by atoms with Crippen LogP contribution in [0.25, 0.3) is 0 Å². The zero-order valence-electron chi connectivity index (χ0n) is 17.2. The van der Waals surface area contributed by atoms with Crippen LogP contribution in [-0.4, -0.2) is 51.8 Å². The largest absolute Gasteiger partial charge is 0.507 e. The summed E-state index contributed by atoms with van der Waals surface area (Å²) in [5.74, 6) is -3.75. The minimum atomic E-state index is -5.00. The Hall–Kier alpha value is -3.28. The van der Waals surface area contributed by atoms with Crippen molar-refractivity contribution in [1.29, 1.82) is 0 Å². The number of carbonyl (C=O) groups excluding carboxylic acids is 2. The van der Waals surface area contributed by atoms with Gasteiger partial charge in [0.25, 0.3) is 0 Å². The molecule has 2 N–H and O–H groups in total. The van der Waals surface area contributed by atoms with Gasteiger partial charge in [-0.1, -0.05) is 12.1 Å². The van der Waals surface area contributed by atoms with E-state index in [1.807, 2.05) is 5.32 Å². The summed E-state index contributed by atoms with van der Waals surface area (Å²) in [6, 6.07) is 6.27. The summed E-state index contributed by atoms with van der Waals surface area (Å²) < 4.78 is 72.8. The number of phenolic OH excluding ortho intramolecular Hbond substituents is 1.